The third-order valence-corrected chi connectivity index (χ3v) is 5.19. The fourth-order valence-electron chi connectivity index (χ4n) is 2.24. The molecule has 1 aliphatic rings. The van der Waals surface area contributed by atoms with E-state index in [4.69, 9.17) is 0 Å². The molecule has 0 radical (unpaired) electrons. The second-order valence-corrected chi connectivity index (χ2v) is 7.31. The lowest BCUT2D eigenvalue weighted by Crippen LogP contribution is -2.47. The first kappa shape index (κ1) is 14.7. The lowest BCUT2D eigenvalue weighted by molar-refractivity contribution is 0.0911. The van der Waals surface area contributed by atoms with Crippen LogP contribution in [0.1, 0.15) is 23.7 Å². The second-order valence-electron chi connectivity index (χ2n) is 5.13. The van der Waals surface area contributed by atoms with Crippen LogP contribution in [-0.4, -0.2) is 43.4 Å². The van der Waals surface area contributed by atoms with E-state index in [0.717, 1.165) is 0 Å². The van der Waals surface area contributed by atoms with E-state index in [1.165, 1.54) is 19.3 Å². The van der Waals surface area contributed by atoms with Gasteiger partial charge < -0.3 is 10.6 Å². The summed E-state index contributed by atoms with van der Waals surface area (Å²) in [6, 6.07) is 1.26. The summed E-state index contributed by atoms with van der Waals surface area (Å²) >= 11 is 0. The van der Waals surface area contributed by atoms with Crippen LogP contribution in [0.5, 0.6) is 0 Å². The van der Waals surface area contributed by atoms with Gasteiger partial charge in [0.15, 0.2) is 21.5 Å². The molecule has 0 aromatic carbocycles. The van der Waals surface area contributed by atoms with Gasteiger partial charge in [-0.2, -0.15) is 0 Å². The monoisotopic (exact) mass is 301 g/mol. The van der Waals surface area contributed by atoms with Gasteiger partial charge in [-0.15, -0.1) is 0 Å². The van der Waals surface area contributed by atoms with E-state index in [9.17, 15) is 17.6 Å². The highest BCUT2D eigenvalue weighted by Gasteiger charge is 2.39. The highest BCUT2D eigenvalue weighted by molar-refractivity contribution is 7.91. The third-order valence-electron chi connectivity index (χ3n) is 3.29. The molecule has 1 unspecified atom stereocenters. The smallest absolute Gasteiger partial charge is 0.254 e. The van der Waals surface area contributed by atoms with Crippen molar-refractivity contribution in [3.8, 4) is 0 Å². The molecule has 2 heterocycles. The third kappa shape index (κ3) is 2.90. The van der Waals surface area contributed by atoms with E-state index in [0.29, 0.717) is 6.42 Å². The number of sulfone groups is 1. The van der Waals surface area contributed by atoms with Crippen molar-refractivity contribution in [2.24, 2.45) is 0 Å². The topological polar surface area (TPSA) is 88.2 Å². The first-order chi connectivity index (χ1) is 9.26. The van der Waals surface area contributed by atoms with Gasteiger partial charge in [0.1, 0.15) is 0 Å². The maximum atomic E-state index is 14.0. The van der Waals surface area contributed by atoms with Gasteiger partial charge in [0.05, 0.1) is 22.6 Å². The average molecular weight is 301 g/mol. The fourth-order valence-corrected chi connectivity index (χ4v) is 4.34. The number of nitrogens with zero attached hydrogens (tertiary/aromatic N) is 1. The molecule has 1 fully saturated rings. The van der Waals surface area contributed by atoms with Gasteiger partial charge in [-0.05, 0) is 19.4 Å². The molecule has 1 atom stereocenters. The first-order valence-corrected chi connectivity index (χ1v) is 7.94. The number of amides is 1. The van der Waals surface area contributed by atoms with Gasteiger partial charge in [0.2, 0.25) is 0 Å². The molecule has 1 aromatic rings. The minimum Gasteiger partial charge on any atom is -0.371 e. The molecule has 1 amide bonds. The van der Waals surface area contributed by atoms with Gasteiger partial charge >= 0.3 is 0 Å². The zero-order chi connectivity index (χ0) is 15.0. The molecule has 6 nitrogen and oxygen atoms in total. The van der Waals surface area contributed by atoms with Crippen molar-refractivity contribution in [2.75, 3.05) is 23.9 Å². The molecule has 2 rings (SSSR count). The Hall–Kier alpha value is -1.70. The van der Waals surface area contributed by atoms with Crippen molar-refractivity contribution in [2.45, 2.75) is 18.9 Å². The summed E-state index contributed by atoms with van der Waals surface area (Å²) in [6.45, 7) is 1.65. The van der Waals surface area contributed by atoms with Crippen molar-refractivity contribution < 1.29 is 17.6 Å². The minimum atomic E-state index is -3.14. The van der Waals surface area contributed by atoms with Gasteiger partial charge in [-0.3, -0.25) is 4.79 Å². The summed E-state index contributed by atoms with van der Waals surface area (Å²) in [7, 11) is -1.64. The Morgan fingerprint density at radius 1 is 1.50 bits per heavy atom. The predicted molar refractivity (Wildman–Crippen MR) is 72.9 cm³/mol. The predicted octanol–water partition coefficient (Wildman–Crippen LogP) is 0.569. The largest absolute Gasteiger partial charge is 0.371 e. The van der Waals surface area contributed by atoms with Gasteiger partial charge in [0.25, 0.3) is 5.91 Å². The first-order valence-electron chi connectivity index (χ1n) is 6.11. The molecule has 20 heavy (non-hydrogen) atoms. The Labute approximate surface area is 116 Å². The number of nitrogens with one attached hydrogen (secondary N) is 2. The number of pyridine rings is 1. The van der Waals surface area contributed by atoms with Crippen LogP contribution in [0.3, 0.4) is 0 Å². The molecular formula is C12H16FN3O3S. The molecule has 8 heteroatoms. The molecule has 0 bridgehead atoms. The number of hydrogen-bond donors (Lipinski definition) is 2. The summed E-state index contributed by atoms with van der Waals surface area (Å²) < 4.78 is 36.9. The summed E-state index contributed by atoms with van der Waals surface area (Å²) in [5.41, 5.74) is -1.01. The SMILES string of the molecule is CNc1nccc(C(=O)NC2(C)CCS(=O)(=O)C2)c1F. The summed E-state index contributed by atoms with van der Waals surface area (Å²) in [6.07, 6.45) is 1.64. The standard InChI is InChI=1S/C12H16FN3O3S/c1-12(4-6-20(18,19)7-12)16-11(17)8-3-5-15-10(14-2)9(8)13/h3,5H,4,6-7H2,1-2H3,(H,14,15)(H,16,17). The van der Waals surface area contributed by atoms with E-state index in [2.05, 4.69) is 15.6 Å². The highest BCUT2D eigenvalue weighted by Crippen LogP contribution is 2.24. The summed E-state index contributed by atoms with van der Waals surface area (Å²) in [5.74, 6) is -1.51. The zero-order valence-corrected chi connectivity index (χ0v) is 12.1. The quantitative estimate of drug-likeness (QED) is 0.852. The fraction of sp³-hybridized carbons (Fsp3) is 0.500. The van der Waals surface area contributed by atoms with Crippen molar-refractivity contribution in [1.29, 1.82) is 0 Å². The van der Waals surface area contributed by atoms with Gasteiger partial charge in [0, 0.05) is 13.2 Å². The lowest BCUT2D eigenvalue weighted by Gasteiger charge is -2.24. The van der Waals surface area contributed by atoms with Crippen LogP contribution in [0.2, 0.25) is 0 Å². The number of aromatic nitrogens is 1. The normalized spacial score (nSPS) is 24.4. The summed E-state index contributed by atoms with van der Waals surface area (Å²) in [5, 5.41) is 5.15. The van der Waals surface area contributed by atoms with Crippen molar-refractivity contribution in [3.05, 3.63) is 23.6 Å². The van der Waals surface area contributed by atoms with Crippen LogP contribution in [0.4, 0.5) is 10.2 Å². The summed E-state index contributed by atoms with van der Waals surface area (Å²) in [4.78, 5) is 15.9. The number of hydrogen-bond acceptors (Lipinski definition) is 5. The molecule has 2 N–H and O–H groups in total. The number of carbonyl (C=O) groups excluding carboxylic acids is 1. The number of carbonyl (C=O) groups is 1. The number of rotatable bonds is 3. The van der Waals surface area contributed by atoms with Crippen LogP contribution < -0.4 is 10.6 Å². The van der Waals surface area contributed by atoms with Crippen LogP contribution in [0.15, 0.2) is 12.3 Å². The number of halogens is 1. The molecular weight excluding hydrogens is 285 g/mol. The van der Waals surface area contributed by atoms with E-state index in [1.807, 2.05) is 0 Å². The van der Waals surface area contributed by atoms with Crippen molar-refractivity contribution >= 4 is 21.6 Å². The van der Waals surface area contributed by atoms with Crippen LogP contribution in [-0.2, 0) is 9.84 Å². The molecule has 1 aliphatic heterocycles. The number of anilines is 1. The second kappa shape index (κ2) is 5.01. The Balaban J connectivity index is 2.21. The van der Waals surface area contributed by atoms with Crippen LogP contribution >= 0.6 is 0 Å². The maximum Gasteiger partial charge on any atom is 0.254 e. The van der Waals surface area contributed by atoms with Gasteiger partial charge in [-0.25, -0.2) is 17.8 Å². The Bertz CT molecular complexity index is 647. The lowest BCUT2D eigenvalue weighted by atomic mass is 10.0. The van der Waals surface area contributed by atoms with Gasteiger partial charge in [-0.1, -0.05) is 0 Å². The van der Waals surface area contributed by atoms with Crippen molar-refractivity contribution in [3.63, 3.8) is 0 Å². The highest BCUT2D eigenvalue weighted by atomic mass is 32.2. The minimum absolute atomic E-state index is 0.0261. The van der Waals surface area contributed by atoms with Crippen molar-refractivity contribution in [1.82, 2.24) is 10.3 Å². The Morgan fingerprint density at radius 3 is 2.75 bits per heavy atom. The molecule has 0 spiro atoms. The molecule has 110 valence electrons. The molecule has 1 aromatic heterocycles. The Morgan fingerprint density at radius 2 is 2.20 bits per heavy atom. The maximum absolute atomic E-state index is 14.0. The van der Waals surface area contributed by atoms with E-state index in [1.54, 1.807) is 6.92 Å². The molecule has 0 saturated carbocycles. The molecule has 1 saturated heterocycles. The van der Waals surface area contributed by atoms with Crippen LogP contribution in [0.25, 0.3) is 0 Å². The zero-order valence-electron chi connectivity index (χ0n) is 11.2. The van der Waals surface area contributed by atoms with E-state index in [-0.39, 0.29) is 22.9 Å². The van der Waals surface area contributed by atoms with E-state index >= 15 is 0 Å². The average Bonchev–Trinajstić information content (AvgIpc) is 2.63. The van der Waals surface area contributed by atoms with Crippen LogP contribution in [0, 0.1) is 5.82 Å². The molecule has 0 aliphatic carbocycles. The Kier molecular flexibility index (Phi) is 3.68. The van der Waals surface area contributed by atoms with E-state index < -0.39 is 27.1 Å².